The Bertz CT molecular complexity index is 1110. The molecule has 0 radical (unpaired) electrons. The Balaban J connectivity index is 1.37. The fourth-order valence-electron chi connectivity index (χ4n) is 5.85. The Kier molecular flexibility index (Phi) is 5.41. The van der Waals surface area contributed by atoms with Crippen LogP contribution in [0.5, 0.6) is 0 Å². The third-order valence-corrected chi connectivity index (χ3v) is 8.04. The van der Waals surface area contributed by atoms with Gasteiger partial charge in [-0.15, -0.1) is 0 Å². The standard InChI is InChI=1S/C23H25ClF4N4O3/c1-20(8-16(33)32(19(29)31-20)12-5-6-35-15(7-12)23(26,27)28)13-3-2-4-14(17(13)24)30-18(34)21-9-22(25,10-21)11-21/h2-4,12,15H,5-11H2,1H3,(H2,29,31)(H,30,34)/t12-,15+,20+,21?,22?/m1/s1. The lowest BCUT2D eigenvalue weighted by atomic mass is 9.42. The first-order valence-corrected chi connectivity index (χ1v) is 11.8. The number of nitrogens with two attached hydrogens (primary N) is 1. The minimum atomic E-state index is -4.54. The van der Waals surface area contributed by atoms with Crippen molar-refractivity contribution in [1.29, 1.82) is 0 Å². The van der Waals surface area contributed by atoms with Crippen LogP contribution in [0.4, 0.5) is 23.2 Å². The molecular weight excluding hydrogens is 492 g/mol. The van der Waals surface area contributed by atoms with Crippen LogP contribution in [-0.4, -0.2) is 53.3 Å². The van der Waals surface area contributed by atoms with Gasteiger partial charge in [-0.2, -0.15) is 13.2 Å². The van der Waals surface area contributed by atoms with Gasteiger partial charge in [-0.3, -0.25) is 14.5 Å². The summed E-state index contributed by atoms with van der Waals surface area (Å²) in [5.74, 6) is -0.960. The fourth-order valence-corrected chi connectivity index (χ4v) is 6.22. The second-order valence-electron chi connectivity index (χ2n) is 10.3. The van der Waals surface area contributed by atoms with Crippen LogP contribution < -0.4 is 11.1 Å². The zero-order valence-electron chi connectivity index (χ0n) is 18.9. The van der Waals surface area contributed by atoms with E-state index in [0.29, 0.717) is 11.3 Å². The molecule has 12 heteroatoms. The summed E-state index contributed by atoms with van der Waals surface area (Å²) in [5.41, 5.74) is 3.77. The maximum atomic E-state index is 13.8. The van der Waals surface area contributed by atoms with Crippen LogP contribution in [0.2, 0.25) is 5.02 Å². The maximum Gasteiger partial charge on any atom is 0.414 e. The van der Waals surface area contributed by atoms with Gasteiger partial charge in [0.15, 0.2) is 12.1 Å². The van der Waals surface area contributed by atoms with Gasteiger partial charge in [-0.1, -0.05) is 23.7 Å². The number of nitrogens with one attached hydrogen (secondary N) is 1. The number of hydrogen-bond donors (Lipinski definition) is 2. The molecule has 1 aromatic carbocycles. The van der Waals surface area contributed by atoms with Gasteiger partial charge < -0.3 is 15.8 Å². The smallest absolute Gasteiger partial charge is 0.369 e. The molecular formula is C23H25ClF4N4O3. The summed E-state index contributed by atoms with van der Waals surface area (Å²) in [6.45, 7) is 1.50. The van der Waals surface area contributed by atoms with Gasteiger partial charge in [-0.05, 0) is 38.7 Å². The molecule has 5 aliphatic rings. The molecule has 190 valence electrons. The SMILES string of the molecule is C[C@@]1(c2cccc(NC(=O)C34CC(F)(C3)C4)c2Cl)CC(=O)N([C@@H]2CCO[C@H](C(F)(F)F)C2)C(N)=N1. The molecule has 1 saturated heterocycles. The number of carbonyl (C=O) groups is 2. The molecule has 0 spiro atoms. The molecule has 2 aliphatic heterocycles. The number of hydrogen-bond acceptors (Lipinski definition) is 5. The van der Waals surface area contributed by atoms with Crippen molar-refractivity contribution < 1.29 is 31.9 Å². The van der Waals surface area contributed by atoms with E-state index in [0.717, 1.165) is 4.90 Å². The van der Waals surface area contributed by atoms with Crippen LogP contribution in [-0.2, 0) is 19.9 Å². The van der Waals surface area contributed by atoms with Gasteiger partial charge in [-0.25, -0.2) is 9.38 Å². The van der Waals surface area contributed by atoms with E-state index in [1.54, 1.807) is 25.1 Å². The van der Waals surface area contributed by atoms with E-state index in [4.69, 9.17) is 22.1 Å². The van der Waals surface area contributed by atoms with Crippen LogP contribution in [0, 0.1) is 5.41 Å². The third-order valence-electron chi connectivity index (χ3n) is 7.63. The Morgan fingerprint density at radius 1 is 1.31 bits per heavy atom. The van der Waals surface area contributed by atoms with E-state index in [1.165, 1.54) is 0 Å². The normalized spacial score (nSPS) is 36.7. The number of nitrogens with zero attached hydrogens (tertiary/aromatic N) is 2. The summed E-state index contributed by atoms with van der Waals surface area (Å²) in [4.78, 5) is 31.4. The molecule has 3 atom stereocenters. The molecule has 3 saturated carbocycles. The maximum absolute atomic E-state index is 13.8. The Morgan fingerprint density at radius 2 is 2.00 bits per heavy atom. The summed E-state index contributed by atoms with van der Waals surface area (Å²) in [6, 6.07) is 4.12. The Morgan fingerprint density at radius 3 is 2.60 bits per heavy atom. The number of ether oxygens (including phenoxy) is 1. The Labute approximate surface area is 204 Å². The second-order valence-corrected chi connectivity index (χ2v) is 10.7. The minimum Gasteiger partial charge on any atom is -0.369 e. The molecule has 2 heterocycles. The monoisotopic (exact) mass is 516 g/mol. The van der Waals surface area contributed by atoms with Crippen LogP contribution in [0.25, 0.3) is 0 Å². The first-order chi connectivity index (χ1) is 16.3. The molecule has 6 rings (SSSR count). The van der Waals surface area contributed by atoms with Crippen molar-refractivity contribution in [2.75, 3.05) is 11.9 Å². The molecule has 0 aromatic heterocycles. The van der Waals surface area contributed by atoms with Crippen molar-refractivity contribution >= 4 is 35.1 Å². The lowest BCUT2D eigenvalue weighted by Crippen LogP contribution is -2.68. The van der Waals surface area contributed by atoms with Crippen LogP contribution in [0.1, 0.15) is 51.0 Å². The van der Waals surface area contributed by atoms with Crippen molar-refractivity contribution in [2.45, 2.75) is 75.0 Å². The van der Waals surface area contributed by atoms with E-state index < -0.39 is 47.3 Å². The zero-order valence-corrected chi connectivity index (χ0v) is 19.7. The topological polar surface area (TPSA) is 97.0 Å². The summed E-state index contributed by atoms with van der Waals surface area (Å²) in [5, 5.41) is 2.95. The van der Waals surface area contributed by atoms with Gasteiger partial charge >= 0.3 is 6.18 Å². The van der Waals surface area contributed by atoms with E-state index in [2.05, 4.69) is 10.3 Å². The second kappa shape index (κ2) is 7.80. The number of carbonyl (C=O) groups excluding carboxylic acids is 2. The Hall–Kier alpha value is -2.40. The van der Waals surface area contributed by atoms with E-state index in [9.17, 15) is 27.2 Å². The van der Waals surface area contributed by atoms with Crippen molar-refractivity contribution in [3.63, 3.8) is 0 Å². The number of aliphatic imine (C=N–C) groups is 1. The largest absolute Gasteiger partial charge is 0.414 e. The third kappa shape index (κ3) is 3.96. The van der Waals surface area contributed by atoms with Gasteiger partial charge in [0, 0.05) is 24.6 Å². The first-order valence-electron chi connectivity index (χ1n) is 11.4. The fraction of sp³-hybridized carbons (Fsp3) is 0.609. The molecule has 35 heavy (non-hydrogen) atoms. The minimum absolute atomic E-state index is 0.151. The molecule has 7 nitrogen and oxygen atoms in total. The number of guanidine groups is 1. The molecule has 3 aliphatic carbocycles. The molecule has 3 N–H and O–H groups in total. The molecule has 1 aromatic rings. The molecule has 0 unspecified atom stereocenters. The highest BCUT2D eigenvalue weighted by atomic mass is 35.5. The number of amides is 2. The average molecular weight is 517 g/mol. The molecule has 2 bridgehead atoms. The number of alkyl halides is 4. The summed E-state index contributed by atoms with van der Waals surface area (Å²) < 4.78 is 58.2. The highest BCUT2D eigenvalue weighted by Gasteiger charge is 2.72. The first kappa shape index (κ1) is 24.3. The zero-order chi connectivity index (χ0) is 25.4. The van der Waals surface area contributed by atoms with Crippen molar-refractivity contribution in [2.24, 2.45) is 16.1 Å². The molecule has 2 amide bonds. The van der Waals surface area contributed by atoms with E-state index >= 15 is 0 Å². The summed E-state index contributed by atoms with van der Waals surface area (Å²) in [6.07, 6.45) is -6.30. The van der Waals surface area contributed by atoms with E-state index in [1.807, 2.05) is 0 Å². The lowest BCUT2D eigenvalue weighted by Gasteiger charge is -2.64. The van der Waals surface area contributed by atoms with Gasteiger partial charge in [0.2, 0.25) is 11.8 Å². The van der Waals surface area contributed by atoms with Crippen molar-refractivity contribution in [3.05, 3.63) is 28.8 Å². The number of halogens is 5. The molecule has 4 fully saturated rings. The van der Waals surface area contributed by atoms with Gasteiger partial charge in [0.05, 0.1) is 28.1 Å². The van der Waals surface area contributed by atoms with Crippen LogP contribution >= 0.6 is 11.6 Å². The van der Waals surface area contributed by atoms with E-state index in [-0.39, 0.29) is 55.6 Å². The number of rotatable bonds is 4. The quantitative estimate of drug-likeness (QED) is 0.590. The van der Waals surface area contributed by atoms with Crippen molar-refractivity contribution in [1.82, 2.24) is 4.90 Å². The van der Waals surface area contributed by atoms with Gasteiger partial charge in [0.1, 0.15) is 5.67 Å². The van der Waals surface area contributed by atoms with Gasteiger partial charge in [0.25, 0.3) is 0 Å². The number of benzene rings is 1. The highest BCUT2D eigenvalue weighted by Crippen LogP contribution is 2.69. The van der Waals surface area contributed by atoms with Crippen molar-refractivity contribution in [3.8, 4) is 0 Å². The predicted molar refractivity (Wildman–Crippen MR) is 119 cm³/mol. The van der Waals surface area contributed by atoms with Crippen LogP contribution in [0.3, 0.4) is 0 Å². The lowest BCUT2D eigenvalue weighted by molar-refractivity contribution is -0.235. The predicted octanol–water partition coefficient (Wildman–Crippen LogP) is 4.04. The summed E-state index contributed by atoms with van der Waals surface area (Å²) >= 11 is 6.61. The van der Waals surface area contributed by atoms with Crippen LogP contribution in [0.15, 0.2) is 23.2 Å². The number of anilines is 1. The average Bonchev–Trinajstić information content (AvgIpc) is 2.71. The summed E-state index contributed by atoms with van der Waals surface area (Å²) in [7, 11) is 0. The highest BCUT2D eigenvalue weighted by molar-refractivity contribution is 6.34.